The number of nitrogens with zero attached hydrogens (tertiary/aromatic N) is 3. The van der Waals surface area contributed by atoms with Crippen LogP contribution in [-0.4, -0.2) is 45.2 Å². The number of ether oxygens (including phenoxy) is 1. The Morgan fingerprint density at radius 2 is 2.50 bits per heavy atom. The molecular formula is C15H22N4O3. The van der Waals surface area contributed by atoms with E-state index in [1.165, 1.54) is 0 Å². The van der Waals surface area contributed by atoms with Crippen molar-refractivity contribution in [3.8, 4) is 0 Å². The lowest BCUT2D eigenvalue weighted by Crippen LogP contribution is -2.42. The van der Waals surface area contributed by atoms with E-state index in [0.29, 0.717) is 19.2 Å². The molecule has 2 atom stereocenters. The summed E-state index contributed by atoms with van der Waals surface area (Å²) in [5, 5.41) is 17.7. The van der Waals surface area contributed by atoms with Crippen LogP contribution < -0.4 is 5.32 Å². The summed E-state index contributed by atoms with van der Waals surface area (Å²) in [5.74, 6) is 2.64. The second-order valence-corrected chi connectivity index (χ2v) is 5.65. The third kappa shape index (κ3) is 3.94. The van der Waals surface area contributed by atoms with Gasteiger partial charge in [0.05, 0.1) is 25.5 Å². The number of hydrogen-bond donors (Lipinski definition) is 2. The van der Waals surface area contributed by atoms with Crippen molar-refractivity contribution in [3.05, 3.63) is 35.8 Å². The van der Waals surface area contributed by atoms with E-state index in [4.69, 9.17) is 9.15 Å². The molecule has 0 aliphatic carbocycles. The van der Waals surface area contributed by atoms with Crippen LogP contribution in [0.2, 0.25) is 0 Å². The average Bonchev–Trinajstić information content (AvgIpc) is 3.12. The van der Waals surface area contributed by atoms with E-state index in [2.05, 4.69) is 15.4 Å². The molecule has 0 amide bonds. The molecule has 2 aromatic rings. The van der Waals surface area contributed by atoms with E-state index in [0.717, 1.165) is 36.8 Å². The van der Waals surface area contributed by atoms with Gasteiger partial charge in [0.2, 0.25) is 0 Å². The standard InChI is InChI=1S/C15H22N4O3/c1-11-17-15-5-4-12(8-19(15)18-11)16-7-13(20)9-21-10-14-3-2-6-22-14/h2-3,6,12-13,16,20H,4-5,7-10H2,1H3/t12-,13-/m1/s1. The average molecular weight is 306 g/mol. The summed E-state index contributed by atoms with van der Waals surface area (Å²) >= 11 is 0. The first kappa shape index (κ1) is 15.2. The van der Waals surface area contributed by atoms with E-state index in [1.54, 1.807) is 6.26 Å². The highest BCUT2D eigenvalue weighted by atomic mass is 16.5. The molecule has 2 aromatic heterocycles. The number of aliphatic hydroxyl groups excluding tert-OH is 1. The molecule has 0 fully saturated rings. The second-order valence-electron chi connectivity index (χ2n) is 5.65. The number of aliphatic hydroxyl groups is 1. The lowest BCUT2D eigenvalue weighted by Gasteiger charge is -2.24. The Hall–Kier alpha value is -1.70. The Morgan fingerprint density at radius 1 is 1.59 bits per heavy atom. The molecule has 0 unspecified atom stereocenters. The van der Waals surface area contributed by atoms with Crippen molar-refractivity contribution in [2.45, 2.75) is 45.1 Å². The van der Waals surface area contributed by atoms with Gasteiger partial charge in [-0.15, -0.1) is 0 Å². The van der Waals surface area contributed by atoms with Crippen LogP contribution in [0.3, 0.4) is 0 Å². The van der Waals surface area contributed by atoms with E-state index < -0.39 is 6.10 Å². The number of rotatable bonds is 7. The first-order valence-corrected chi connectivity index (χ1v) is 7.62. The zero-order valence-electron chi connectivity index (χ0n) is 12.7. The van der Waals surface area contributed by atoms with Crippen molar-refractivity contribution in [1.82, 2.24) is 20.1 Å². The number of hydrogen-bond acceptors (Lipinski definition) is 6. The van der Waals surface area contributed by atoms with Gasteiger partial charge >= 0.3 is 0 Å². The Morgan fingerprint density at radius 3 is 3.32 bits per heavy atom. The Balaban J connectivity index is 1.35. The molecule has 0 radical (unpaired) electrons. The van der Waals surface area contributed by atoms with Crippen molar-refractivity contribution in [1.29, 1.82) is 0 Å². The van der Waals surface area contributed by atoms with E-state index in [9.17, 15) is 5.11 Å². The fraction of sp³-hybridized carbons (Fsp3) is 0.600. The minimum absolute atomic E-state index is 0.286. The van der Waals surface area contributed by atoms with E-state index in [-0.39, 0.29) is 6.61 Å². The highest BCUT2D eigenvalue weighted by Gasteiger charge is 2.21. The van der Waals surface area contributed by atoms with Crippen molar-refractivity contribution in [2.24, 2.45) is 0 Å². The van der Waals surface area contributed by atoms with Crippen LogP contribution in [0.5, 0.6) is 0 Å². The molecule has 7 nitrogen and oxygen atoms in total. The van der Waals surface area contributed by atoms with Gasteiger partial charge in [-0.2, -0.15) is 5.10 Å². The molecule has 0 saturated carbocycles. The molecule has 0 spiro atoms. The summed E-state index contributed by atoms with van der Waals surface area (Å²) in [7, 11) is 0. The van der Waals surface area contributed by atoms with Crippen LogP contribution >= 0.6 is 0 Å². The van der Waals surface area contributed by atoms with Crippen LogP contribution in [0.15, 0.2) is 22.8 Å². The molecule has 3 heterocycles. The first-order chi connectivity index (χ1) is 10.7. The number of aryl methyl sites for hydroxylation is 2. The number of aromatic nitrogens is 3. The molecule has 3 rings (SSSR count). The summed E-state index contributed by atoms with van der Waals surface area (Å²) in [5.41, 5.74) is 0. The van der Waals surface area contributed by atoms with Crippen LogP contribution in [0.25, 0.3) is 0 Å². The monoisotopic (exact) mass is 306 g/mol. The summed E-state index contributed by atoms with van der Waals surface area (Å²) in [6, 6.07) is 3.98. The number of fused-ring (bicyclic) bond motifs is 1. The van der Waals surface area contributed by atoms with Crippen LogP contribution in [-0.2, 0) is 24.3 Å². The summed E-state index contributed by atoms with van der Waals surface area (Å²) in [6.07, 6.45) is 3.01. The lowest BCUT2D eigenvalue weighted by atomic mass is 10.1. The maximum Gasteiger partial charge on any atom is 0.147 e. The van der Waals surface area contributed by atoms with Gasteiger partial charge in [0.15, 0.2) is 0 Å². The van der Waals surface area contributed by atoms with E-state index >= 15 is 0 Å². The Bertz CT molecular complexity index is 582. The minimum atomic E-state index is -0.533. The zero-order valence-corrected chi connectivity index (χ0v) is 12.7. The van der Waals surface area contributed by atoms with Crippen LogP contribution in [0.1, 0.15) is 23.8 Å². The highest BCUT2D eigenvalue weighted by molar-refractivity contribution is 4.97. The van der Waals surface area contributed by atoms with Gasteiger partial charge in [0.25, 0.3) is 0 Å². The van der Waals surface area contributed by atoms with Gasteiger partial charge in [0.1, 0.15) is 24.0 Å². The van der Waals surface area contributed by atoms with E-state index in [1.807, 2.05) is 23.7 Å². The fourth-order valence-corrected chi connectivity index (χ4v) is 2.65. The Labute approximate surface area is 129 Å². The number of nitrogens with one attached hydrogen (secondary N) is 1. The lowest BCUT2D eigenvalue weighted by molar-refractivity contribution is 0.0209. The molecule has 120 valence electrons. The maximum absolute atomic E-state index is 9.95. The maximum atomic E-state index is 9.95. The predicted octanol–water partition coefficient (Wildman–Crippen LogP) is 0.662. The molecule has 0 aromatic carbocycles. The molecule has 0 bridgehead atoms. The van der Waals surface area contributed by atoms with Gasteiger partial charge in [-0.25, -0.2) is 9.67 Å². The zero-order chi connectivity index (χ0) is 15.4. The molecule has 22 heavy (non-hydrogen) atoms. The van der Waals surface area contributed by atoms with Crippen LogP contribution in [0, 0.1) is 6.92 Å². The largest absolute Gasteiger partial charge is 0.467 e. The summed E-state index contributed by atoms with van der Waals surface area (Å²) < 4.78 is 12.6. The van der Waals surface area contributed by atoms with Crippen LogP contribution in [0.4, 0.5) is 0 Å². The molecule has 7 heteroatoms. The summed E-state index contributed by atoms with van der Waals surface area (Å²) in [4.78, 5) is 4.39. The normalized spacial score (nSPS) is 19.1. The van der Waals surface area contributed by atoms with Crippen molar-refractivity contribution < 1.29 is 14.3 Å². The smallest absolute Gasteiger partial charge is 0.147 e. The number of furan rings is 1. The fourth-order valence-electron chi connectivity index (χ4n) is 2.65. The SMILES string of the molecule is Cc1nc2n(n1)C[C@H](NC[C@@H](O)COCc1ccco1)CC2. The summed E-state index contributed by atoms with van der Waals surface area (Å²) in [6.45, 7) is 3.89. The topological polar surface area (TPSA) is 85.3 Å². The van der Waals surface area contributed by atoms with Gasteiger partial charge in [-0.05, 0) is 25.5 Å². The highest BCUT2D eigenvalue weighted by Crippen LogP contribution is 2.12. The minimum Gasteiger partial charge on any atom is -0.467 e. The second kappa shape index (κ2) is 7.04. The molecular weight excluding hydrogens is 284 g/mol. The van der Waals surface area contributed by atoms with Gasteiger partial charge in [-0.3, -0.25) is 0 Å². The predicted molar refractivity (Wildman–Crippen MR) is 79.2 cm³/mol. The van der Waals surface area contributed by atoms with Crippen molar-refractivity contribution in [2.75, 3.05) is 13.2 Å². The van der Waals surface area contributed by atoms with Gasteiger partial charge < -0.3 is 19.6 Å². The van der Waals surface area contributed by atoms with Gasteiger partial charge in [-0.1, -0.05) is 0 Å². The molecule has 2 N–H and O–H groups in total. The Kier molecular flexibility index (Phi) is 4.87. The third-order valence-corrected chi connectivity index (χ3v) is 3.74. The molecule has 1 aliphatic rings. The molecule has 1 aliphatic heterocycles. The molecule has 0 saturated heterocycles. The quantitative estimate of drug-likeness (QED) is 0.782. The first-order valence-electron chi connectivity index (χ1n) is 7.62. The van der Waals surface area contributed by atoms with Crippen molar-refractivity contribution in [3.63, 3.8) is 0 Å². The third-order valence-electron chi connectivity index (χ3n) is 3.74. The van der Waals surface area contributed by atoms with Gasteiger partial charge in [0, 0.05) is 19.0 Å². The van der Waals surface area contributed by atoms with Crippen molar-refractivity contribution >= 4 is 0 Å².